The van der Waals surface area contributed by atoms with E-state index in [2.05, 4.69) is 5.32 Å². The average molecular weight is 346 g/mol. The lowest BCUT2D eigenvalue weighted by molar-refractivity contribution is -0.119. The number of amides is 1. The van der Waals surface area contributed by atoms with E-state index in [1.54, 1.807) is 24.3 Å². The highest BCUT2D eigenvalue weighted by Crippen LogP contribution is 2.16. The molecule has 3 rings (SSSR count). The highest BCUT2D eigenvalue weighted by atomic mass is 19.1. The molecule has 1 amide bonds. The van der Waals surface area contributed by atoms with Crippen LogP contribution in [0.2, 0.25) is 0 Å². The molecule has 7 heteroatoms. The Bertz CT molecular complexity index is 732. The second-order valence-corrected chi connectivity index (χ2v) is 5.83. The number of halogens is 1. The molecular weight excluding hydrogens is 327 g/mol. The summed E-state index contributed by atoms with van der Waals surface area (Å²) >= 11 is 0. The molecule has 1 saturated heterocycles. The van der Waals surface area contributed by atoms with Gasteiger partial charge in [-0.1, -0.05) is 12.1 Å². The van der Waals surface area contributed by atoms with Crippen LogP contribution in [0.5, 0.6) is 0 Å². The number of nitrogens with zero attached hydrogens (tertiary/aromatic N) is 1. The topological polar surface area (TPSA) is 71.8 Å². The first-order chi connectivity index (χ1) is 12.1. The maximum atomic E-state index is 13.6. The number of ketones is 1. The highest BCUT2D eigenvalue weighted by Gasteiger charge is 2.28. The summed E-state index contributed by atoms with van der Waals surface area (Å²) in [6, 6.07) is 9.05. The van der Waals surface area contributed by atoms with Crippen molar-refractivity contribution in [3.05, 3.63) is 54.2 Å². The van der Waals surface area contributed by atoms with Crippen LogP contribution < -0.4 is 5.32 Å². The van der Waals surface area contributed by atoms with Crippen LogP contribution in [0.4, 0.5) is 10.1 Å². The number of rotatable bonds is 6. The molecule has 2 heterocycles. The van der Waals surface area contributed by atoms with E-state index in [-0.39, 0.29) is 36.4 Å². The first-order valence-electron chi connectivity index (χ1n) is 8.06. The zero-order valence-corrected chi connectivity index (χ0v) is 13.6. The summed E-state index contributed by atoms with van der Waals surface area (Å²) in [6.07, 6.45) is 1.64. The number of hydrogen-bond acceptors (Lipinski definition) is 5. The van der Waals surface area contributed by atoms with Crippen molar-refractivity contribution in [2.45, 2.75) is 12.5 Å². The number of carbonyl (C=O) groups is 2. The van der Waals surface area contributed by atoms with Crippen LogP contribution in [0.3, 0.4) is 0 Å². The summed E-state index contributed by atoms with van der Waals surface area (Å²) in [5, 5.41) is 2.56. The second kappa shape index (κ2) is 8.04. The lowest BCUT2D eigenvalue weighted by Crippen LogP contribution is -2.49. The Morgan fingerprint density at radius 1 is 1.24 bits per heavy atom. The molecule has 1 aromatic heterocycles. The lowest BCUT2D eigenvalue weighted by Gasteiger charge is -2.34. The van der Waals surface area contributed by atoms with E-state index >= 15 is 0 Å². The van der Waals surface area contributed by atoms with Gasteiger partial charge in [-0.2, -0.15) is 0 Å². The number of Topliss-reactive ketones (excluding diaryl/α,β-unsaturated/α-hetero) is 1. The van der Waals surface area contributed by atoms with Gasteiger partial charge in [-0.25, -0.2) is 4.39 Å². The van der Waals surface area contributed by atoms with E-state index in [1.165, 1.54) is 18.4 Å². The van der Waals surface area contributed by atoms with Crippen molar-refractivity contribution in [2.24, 2.45) is 0 Å². The minimum absolute atomic E-state index is 0.0633. The molecule has 1 atom stereocenters. The molecule has 0 aliphatic carbocycles. The number of nitrogens with one attached hydrogen (secondary N) is 1. The molecule has 1 aliphatic rings. The first-order valence-corrected chi connectivity index (χ1v) is 8.06. The predicted octanol–water partition coefficient (Wildman–Crippen LogP) is 2.33. The Morgan fingerprint density at radius 3 is 2.84 bits per heavy atom. The lowest BCUT2D eigenvalue weighted by atomic mass is 10.1. The number of morpholine rings is 1. The molecule has 0 bridgehead atoms. The van der Waals surface area contributed by atoms with Gasteiger partial charge in [0.25, 0.3) is 0 Å². The van der Waals surface area contributed by atoms with Gasteiger partial charge < -0.3 is 14.5 Å². The van der Waals surface area contributed by atoms with Gasteiger partial charge in [0, 0.05) is 19.0 Å². The summed E-state index contributed by atoms with van der Waals surface area (Å²) in [6.45, 7) is 1.44. The number of furan rings is 1. The average Bonchev–Trinajstić information content (AvgIpc) is 3.13. The van der Waals surface area contributed by atoms with Gasteiger partial charge in [0.2, 0.25) is 5.91 Å². The number of para-hydroxylation sites is 1. The number of ether oxygens (including phenoxy) is 1. The van der Waals surface area contributed by atoms with Crippen LogP contribution in [0.1, 0.15) is 17.0 Å². The summed E-state index contributed by atoms with van der Waals surface area (Å²) in [5.74, 6) is -0.661. The fourth-order valence-electron chi connectivity index (χ4n) is 2.77. The Kier molecular flexibility index (Phi) is 5.57. The Hall–Kier alpha value is -2.51. The molecule has 0 unspecified atom stereocenters. The fraction of sp³-hybridized carbons (Fsp3) is 0.333. The molecule has 1 fully saturated rings. The van der Waals surface area contributed by atoms with Gasteiger partial charge in [0.05, 0.1) is 31.7 Å². The predicted molar refractivity (Wildman–Crippen MR) is 88.9 cm³/mol. The standard InChI is InChI=1S/C18H19FN2O4/c19-14-4-1-2-5-15(14)20-18(23)11-21-7-9-24-12-13(21)10-16(22)17-6-3-8-25-17/h1-6,8,13H,7,9-12H2,(H,20,23)/t13-/m1/s1. The van der Waals surface area contributed by atoms with Crippen LogP contribution in [0, 0.1) is 5.82 Å². The molecule has 2 aromatic rings. The van der Waals surface area contributed by atoms with Gasteiger partial charge in [-0.3, -0.25) is 14.5 Å². The fourth-order valence-corrected chi connectivity index (χ4v) is 2.77. The van der Waals surface area contributed by atoms with Crippen LogP contribution in [-0.2, 0) is 9.53 Å². The molecule has 0 radical (unpaired) electrons. The number of hydrogen-bond donors (Lipinski definition) is 1. The van der Waals surface area contributed by atoms with E-state index in [9.17, 15) is 14.0 Å². The van der Waals surface area contributed by atoms with Gasteiger partial charge in [0.1, 0.15) is 5.82 Å². The molecule has 6 nitrogen and oxygen atoms in total. The van der Waals surface area contributed by atoms with Gasteiger partial charge in [0.15, 0.2) is 11.5 Å². The van der Waals surface area contributed by atoms with Crippen LogP contribution >= 0.6 is 0 Å². The first kappa shape index (κ1) is 17.3. The van der Waals surface area contributed by atoms with E-state index in [0.717, 1.165) is 0 Å². The van der Waals surface area contributed by atoms with E-state index in [0.29, 0.717) is 25.5 Å². The minimum Gasteiger partial charge on any atom is -0.461 e. The summed E-state index contributed by atoms with van der Waals surface area (Å²) in [5.41, 5.74) is 0.143. The Morgan fingerprint density at radius 2 is 2.08 bits per heavy atom. The van der Waals surface area contributed by atoms with Crippen molar-refractivity contribution < 1.29 is 23.1 Å². The maximum absolute atomic E-state index is 13.6. The molecule has 0 saturated carbocycles. The summed E-state index contributed by atoms with van der Waals surface area (Å²) < 4.78 is 24.2. The minimum atomic E-state index is -0.484. The molecule has 1 N–H and O–H groups in total. The zero-order chi connectivity index (χ0) is 17.6. The molecule has 132 valence electrons. The third kappa shape index (κ3) is 4.52. The molecule has 1 aromatic carbocycles. The van der Waals surface area contributed by atoms with Crippen molar-refractivity contribution in [3.63, 3.8) is 0 Å². The van der Waals surface area contributed by atoms with Crippen LogP contribution in [-0.4, -0.2) is 48.9 Å². The monoisotopic (exact) mass is 346 g/mol. The van der Waals surface area contributed by atoms with Crippen molar-refractivity contribution in [2.75, 3.05) is 31.6 Å². The van der Waals surface area contributed by atoms with Crippen LogP contribution in [0.15, 0.2) is 47.1 Å². The molecule has 1 aliphatic heterocycles. The molecule has 0 spiro atoms. The largest absolute Gasteiger partial charge is 0.461 e. The Balaban J connectivity index is 1.60. The van der Waals surface area contributed by atoms with E-state index in [1.807, 2.05) is 4.90 Å². The van der Waals surface area contributed by atoms with Crippen LogP contribution in [0.25, 0.3) is 0 Å². The van der Waals surface area contributed by atoms with Gasteiger partial charge in [-0.05, 0) is 24.3 Å². The second-order valence-electron chi connectivity index (χ2n) is 5.83. The van der Waals surface area contributed by atoms with Crippen molar-refractivity contribution in [1.82, 2.24) is 4.90 Å². The van der Waals surface area contributed by atoms with E-state index < -0.39 is 5.82 Å². The van der Waals surface area contributed by atoms with Crippen molar-refractivity contribution in [1.29, 1.82) is 0 Å². The van der Waals surface area contributed by atoms with Crippen molar-refractivity contribution >= 4 is 17.4 Å². The smallest absolute Gasteiger partial charge is 0.238 e. The zero-order valence-electron chi connectivity index (χ0n) is 13.6. The number of carbonyl (C=O) groups excluding carboxylic acids is 2. The summed E-state index contributed by atoms with van der Waals surface area (Å²) in [7, 11) is 0. The molecular formula is C18H19FN2O4. The normalized spacial score (nSPS) is 18.0. The van der Waals surface area contributed by atoms with E-state index in [4.69, 9.17) is 9.15 Å². The number of benzene rings is 1. The number of anilines is 1. The Labute approximate surface area is 144 Å². The third-order valence-electron chi connectivity index (χ3n) is 4.06. The highest BCUT2D eigenvalue weighted by molar-refractivity contribution is 5.94. The van der Waals surface area contributed by atoms with Gasteiger partial charge >= 0.3 is 0 Å². The third-order valence-corrected chi connectivity index (χ3v) is 4.06. The molecule has 25 heavy (non-hydrogen) atoms. The van der Waals surface area contributed by atoms with Crippen molar-refractivity contribution in [3.8, 4) is 0 Å². The SMILES string of the molecule is O=C(CN1CCOC[C@H]1CC(=O)c1ccco1)Nc1ccccc1F. The maximum Gasteiger partial charge on any atom is 0.238 e. The van der Waals surface area contributed by atoms with Gasteiger partial charge in [-0.15, -0.1) is 0 Å². The quantitative estimate of drug-likeness (QED) is 0.813. The summed E-state index contributed by atoms with van der Waals surface area (Å²) in [4.78, 5) is 26.3.